The zero-order valence-electron chi connectivity index (χ0n) is 17.3. The molecule has 1 aromatic carbocycles. The summed E-state index contributed by atoms with van der Waals surface area (Å²) in [6.45, 7) is 11.2. The van der Waals surface area contributed by atoms with Crippen molar-refractivity contribution in [3.8, 4) is 11.5 Å². The second-order valence-corrected chi connectivity index (χ2v) is 6.45. The first-order chi connectivity index (χ1) is 13.6. The van der Waals surface area contributed by atoms with Crippen LogP contribution in [-0.4, -0.2) is 47.9 Å². The quantitative estimate of drug-likeness (QED) is 0.512. The number of hydrogen-bond acceptors (Lipinski definition) is 4. The highest BCUT2D eigenvalue weighted by molar-refractivity contribution is 5.81. The van der Waals surface area contributed by atoms with Crippen LogP contribution < -0.4 is 10.6 Å². The number of nitrogens with zero attached hydrogens (tertiary/aromatic N) is 3. The first-order valence-electron chi connectivity index (χ1n) is 9.88. The molecule has 2 aromatic rings. The molecule has 0 aliphatic carbocycles. The first-order valence-corrected chi connectivity index (χ1v) is 9.88. The lowest BCUT2D eigenvalue weighted by Crippen LogP contribution is -2.40. The predicted molar refractivity (Wildman–Crippen MR) is 112 cm³/mol. The number of hydrogen-bond donors (Lipinski definition) is 2. The normalized spacial score (nSPS) is 11.4. The molecule has 1 heterocycles. The molecule has 0 fully saturated rings. The summed E-state index contributed by atoms with van der Waals surface area (Å²) in [5.41, 5.74) is 2.90. The van der Waals surface area contributed by atoms with Crippen LogP contribution in [0.4, 0.5) is 0 Å². The molecular weight excluding hydrogens is 354 g/mol. The SMILES string of the molecule is CCNC(=NCc1coc(-c2ccc(C)cc2)n1)NCCC(=O)N(CC)CC. The van der Waals surface area contributed by atoms with Gasteiger partial charge in [-0.3, -0.25) is 4.79 Å². The summed E-state index contributed by atoms with van der Waals surface area (Å²) in [5, 5.41) is 6.39. The highest BCUT2D eigenvalue weighted by Crippen LogP contribution is 2.19. The Bertz CT molecular complexity index is 763. The predicted octanol–water partition coefficient (Wildman–Crippen LogP) is 2.96. The number of nitrogens with one attached hydrogen (secondary N) is 2. The van der Waals surface area contributed by atoms with Crippen molar-refractivity contribution < 1.29 is 9.21 Å². The minimum absolute atomic E-state index is 0.146. The van der Waals surface area contributed by atoms with Crippen molar-refractivity contribution in [1.29, 1.82) is 0 Å². The number of rotatable bonds is 9. The van der Waals surface area contributed by atoms with E-state index in [2.05, 4.69) is 20.6 Å². The van der Waals surface area contributed by atoms with Gasteiger partial charge in [-0.05, 0) is 39.8 Å². The topological polar surface area (TPSA) is 82.8 Å². The van der Waals surface area contributed by atoms with Gasteiger partial charge in [0.15, 0.2) is 5.96 Å². The molecule has 152 valence electrons. The molecule has 28 heavy (non-hydrogen) atoms. The second kappa shape index (κ2) is 11.1. The number of benzene rings is 1. The summed E-state index contributed by atoms with van der Waals surface area (Å²) >= 11 is 0. The van der Waals surface area contributed by atoms with E-state index in [0.29, 0.717) is 31.4 Å². The van der Waals surface area contributed by atoms with Gasteiger partial charge in [-0.1, -0.05) is 17.7 Å². The number of guanidine groups is 1. The van der Waals surface area contributed by atoms with Gasteiger partial charge in [0, 0.05) is 38.2 Å². The van der Waals surface area contributed by atoms with Crippen molar-refractivity contribution in [3.05, 3.63) is 41.8 Å². The Morgan fingerprint density at radius 3 is 2.50 bits per heavy atom. The molecule has 2 rings (SSSR count). The maximum Gasteiger partial charge on any atom is 0.226 e. The van der Waals surface area contributed by atoms with Crippen LogP contribution in [0.1, 0.15) is 38.4 Å². The number of amides is 1. The Morgan fingerprint density at radius 1 is 1.14 bits per heavy atom. The molecule has 1 aromatic heterocycles. The van der Waals surface area contributed by atoms with Crippen LogP contribution in [0, 0.1) is 6.92 Å². The molecule has 0 radical (unpaired) electrons. The van der Waals surface area contributed by atoms with Crippen LogP contribution in [-0.2, 0) is 11.3 Å². The van der Waals surface area contributed by atoms with E-state index in [1.165, 1.54) is 5.56 Å². The third-order valence-corrected chi connectivity index (χ3v) is 4.34. The molecule has 0 aliphatic heterocycles. The van der Waals surface area contributed by atoms with E-state index in [-0.39, 0.29) is 5.91 Å². The van der Waals surface area contributed by atoms with Gasteiger partial charge in [0.25, 0.3) is 0 Å². The summed E-state index contributed by atoms with van der Waals surface area (Å²) in [4.78, 5) is 23.0. The maximum atomic E-state index is 12.1. The molecule has 7 heteroatoms. The molecule has 0 aliphatic rings. The van der Waals surface area contributed by atoms with Gasteiger partial charge in [0.1, 0.15) is 12.0 Å². The van der Waals surface area contributed by atoms with Gasteiger partial charge in [-0.2, -0.15) is 0 Å². The highest BCUT2D eigenvalue weighted by Gasteiger charge is 2.10. The molecule has 1 amide bonds. The molecule has 2 N–H and O–H groups in total. The number of aliphatic imine (C=N–C) groups is 1. The minimum atomic E-state index is 0.146. The van der Waals surface area contributed by atoms with Crippen molar-refractivity contribution in [2.45, 2.75) is 40.7 Å². The van der Waals surface area contributed by atoms with E-state index in [0.717, 1.165) is 30.9 Å². The van der Waals surface area contributed by atoms with Gasteiger partial charge >= 0.3 is 0 Å². The zero-order chi connectivity index (χ0) is 20.4. The lowest BCUT2D eigenvalue weighted by Gasteiger charge is -2.19. The standard InChI is InChI=1S/C21H31N5O2/c1-5-22-21(23-13-12-19(27)26(6-2)7-3)24-14-18-15-28-20(25-18)17-10-8-16(4)9-11-17/h8-11,15H,5-7,12-14H2,1-4H3,(H2,22,23,24). The van der Waals surface area contributed by atoms with Crippen LogP contribution in [0.2, 0.25) is 0 Å². The monoisotopic (exact) mass is 385 g/mol. The fourth-order valence-electron chi connectivity index (χ4n) is 2.73. The van der Waals surface area contributed by atoms with Crippen molar-refractivity contribution >= 4 is 11.9 Å². The van der Waals surface area contributed by atoms with Gasteiger partial charge in [0.05, 0.1) is 6.54 Å². The zero-order valence-corrected chi connectivity index (χ0v) is 17.3. The third-order valence-electron chi connectivity index (χ3n) is 4.34. The Labute approximate surface area is 167 Å². The number of aryl methyl sites for hydroxylation is 1. The first kappa shape index (κ1) is 21.5. The fraction of sp³-hybridized carbons (Fsp3) is 0.476. The van der Waals surface area contributed by atoms with E-state index < -0.39 is 0 Å². The van der Waals surface area contributed by atoms with Crippen LogP contribution in [0.25, 0.3) is 11.5 Å². The Morgan fingerprint density at radius 2 is 1.86 bits per heavy atom. The number of carbonyl (C=O) groups excluding carboxylic acids is 1. The minimum Gasteiger partial charge on any atom is -0.444 e. The molecule has 7 nitrogen and oxygen atoms in total. The van der Waals surface area contributed by atoms with E-state index in [4.69, 9.17) is 4.42 Å². The number of oxazole rings is 1. The molecule has 0 unspecified atom stereocenters. The molecular formula is C21H31N5O2. The maximum absolute atomic E-state index is 12.1. The van der Waals surface area contributed by atoms with E-state index in [9.17, 15) is 4.79 Å². The summed E-state index contributed by atoms with van der Waals surface area (Å²) in [7, 11) is 0. The van der Waals surface area contributed by atoms with Crippen molar-refractivity contribution in [2.75, 3.05) is 26.2 Å². The molecule has 0 bridgehead atoms. The van der Waals surface area contributed by atoms with Crippen molar-refractivity contribution in [1.82, 2.24) is 20.5 Å². The lowest BCUT2D eigenvalue weighted by atomic mass is 10.1. The number of aromatic nitrogens is 1. The summed E-state index contributed by atoms with van der Waals surface area (Å²) in [6.07, 6.45) is 2.07. The molecule has 0 spiro atoms. The van der Waals surface area contributed by atoms with Gasteiger partial charge in [-0.15, -0.1) is 0 Å². The van der Waals surface area contributed by atoms with Crippen molar-refractivity contribution in [3.63, 3.8) is 0 Å². The van der Waals surface area contributed by atoms with Crippen molar-refractivity contribution in [2.24, 2.45) is 4.99 Å². The van der Waals surface area contributed by atoms with Gasteiger partial charge < -0.3 is 20.0 Å². The molecule has 0 atom stereocenters. The van der Waals surface area contributed by atoms with Crippen LogP contribution in [0.15, 0.2) is 39.9 Å². The summed E-state index contributed by atoms with van der Waals surface area (Å²) < 4.78 is 5.58. The molecule has 0 saturated carbocycles. The second-order valence-electron chi connectivity index (χ2n) is 6.45. The highest BCUT2D eigenvalue weighted by atomic mass is 16.3. The largest absolute Gasteiger partial charge is 0.444 e. The Hall–Kier alpha value is -2.83. The van der Waals surface area contributed by atoms with Crippen LogP contribution in [0.5, 0.6) is 0 Å². The third kappa shape index (κ3) is 6.40. The van der Waals surface area contributed by atoms with Gasteiger partial charge in [0.2, 0.25) is 11.8 Å². The number of carbonyl (C=O) groups is 1. The van der Waals surface area contributed by atoms with E-state index in [1.54, 1.807) is 6.26 Å². The average Bonchev–Trinajstić information content (AvgIpc) is 3.16. The Balaban J connectivity index is 1.91. The smallest absolute Gasteiger partial charge is 0.226 e. The van der Waals surface area contributed by atoms with Crippen LogP contribution in [0.3, 0.4) is 0 Å². The fourth-order valence-corrected chi connectivity index (χ4v) is 2.73. The van der Waals surface area contributed by atoms with Gasteiger partial charge in [-0.25, -0.2) is 9.98 Å². The van der Waals surface area contributed by atoms with E-state index in [1.807, 2.05) is 56.9 Å². The average molecular weight is 386 g/mol. The molecule has 0 saturated heterocycles. The summed E-state index contributed by atoms with van der Waals surface area (Å²) in [6, 6.07) is 8.05. The Kier molecular flexibility index (Phi) is 8.52. The summed E-state index contributed by atoms with van der Waals surface area (Å²) in [5.74, 6) is 1.40. The van der Waals surface area contributed by atoms with E-state index >= 15 is 0 Å². The lowest BCUT2D eigenvalue weighted by molar-refractivity contribution is -0.130. The van der Waals surface area contributed by atoms with Crippen LogP contribution >= 0.6 is 0 Å².